The maximum absolute atomic E-state index is 14.6. The molecular weight excluding hydrogens is 662 g/mol. The minimum Gasteiger partial charge on any atom is -0.354 e. The summed E-state index contributed by atoms with van der Waals surface area (Å²) in [5, 5.41) is 3.02. The lowest BCUT2D eigenvalue weighted by Gasteiger charge is -2.34. The third kappa shape index (κ3) is 9.07. The average Bonchev–Trinajstić information content (AvgIpc) is 3.02. The Bertz CT molecular complexity index is 1740. The van der Waals surface area contributed by atoms with E-state index < -0.39 is 28.5 Å². The molecule has 0 saturated heterocycles. The number of rotatable bonds is 14. The second kappa shape index (κ2) is 16.1. The van der Waals surface area contributed by atoms with Crippen LogP contribution in [0, 0.1) is 20.8 Å². The van der Waals surface area contributed by atoms with Crippen molar-refractivity contribution >= 4 is 43.5 Å². The van der Waals surface area contributed by atoms with Gasteiger partial charge < -0.3 is 10.2 Å². The summed E-state index contributed by atoms with van der Waals surface area (Å²) in [6.45, 7) is 7.82. The zero-order valence-corrected chi connectivity index (χ0v) is 29.3. The summed E-state index contributed by atoms with van der Waals surface area (Å²) >= 11 is 3.52. The highest BCUT2D eigenvalue weighted by Crippen LogP contribution is 2.29. The molecule has 0 fully saturated rings. The number of unbranched alkanes of at least 4 members (excludes halogenated alkanes) is 1. The molecule has 242 valence electrons. The van der Waals surface area contributed by atoms with Crippen LogP contribution in [0.1, 0.15) is 47.6 Å². The topological polar surface area (TPSA) is 86.8 Å². The molecular formula is C37H42BrN3O4S. The van der Waals surface area contributed by atoms with E-state index >= 15 is 0 Å². The van der Waals surface area contributed by atoms with E-state index in [0.29, 0.717) is 12.2 Å². The molecule has 0 aliphatic heterocycles. The first-order valence-corrected chi connectivity index (χ1v) is 17.7. The number of carbonyl (C=O) groups excluding carboxylic acids is 2. The lowest BCUT2D eigenvalue weighted by Crippen LogP contribution is -2.53. The number of benzene rings is 4. The summed E-state index contributed by atoms with van der Waals surface area (Å²) in [6.07, 6.45) is 1.98. The Balaban J connectivity index is 1.81. The molecule has 0 aliphatic carbocycles. The van der Waals surface area contributed by atoms with Crippen LogP contribution in [0.25, 0.3) is 0 Å². The van der Waals surface area contributed by atoms with E-state index in [2.05, 4.69) is 21.2 Å². The van der Waals surface area contributed by atoms with Gasteiger partial charge in [0.1, 0.15) is 12.6 Å². The van der Waals surface area contributed by atoms with Crippen LogP contribution in [0.3, 0.4) is 0 Å². The van der Waals surface area contributed by atoms with Crippen LogP contribution in [0.4, 0.5) is 5.69 Å². The van der Waals surface area contributed by atoms with Crippen LogP contribution in [-0.4, -0.2) is 44.3 Å². The zero-order chi connectivity index (χ0) is 33.3. The molecule has 0 aromatic heterocycles. The first-order chi connectivity index (χ1) is 22.0. The lowest BCUT2D eigenvalue weighted by atomic mass is 10.0. The standard InChI is InChI=1S/C37H42BrN3O4S/c1-5-6-21-39-37(43)35(24-30-11-8-7-9-12-30)40(25-31-13-10-14-32(38)23-31)36(42)26-41(34-20-17-28(3)22-29(34)4)46(44,45)33-18-15-27(2)16-19-33/h7-20,22-23,35H,5-6,21,24-26H2,1-4H3,(H,39,43)/t35-/m0/s1. The Hall–Kier alpha value is -3.95. The van der Waals surface area contributed by atoms with E-state index in [-0.39, 0.29) is 23.8 Å². The number of carbonyl (C=O) groups is 2. The van der Waals surface area contributed by atoms with Crippen molar-refractivity contribution in [1.82, 2.24) is 10.2 Å². The number of aryl methyl sites for hydroxylation is 3. The van der Waals surface area contributed by atoms with Gasteiger partial charge in [-0.15, -0.1) is 0 Å². The Kier molecular flexibility index (Phi) is 12.2. The molecule has 4 aromatic rings. The molecule has 1 N–H and O–H groups in total. The minimum atomic E-state index is -4.16. The normalized spacial score (nSPS) is 11.9. The summed E-state index contributed by atoms with van der Waals surface area (Å²) in [5.74, 6) is -0.762. The molecule has 7 nitrogen and oxygen atoms in total. The van der Waals surface area contributed by atoms with Gasteiger partial charge in [-0.2, -0.15) is 0 Å². The summed E-state index contributed by atoms with van der Waals surface area (Å²) in [4.78, 5) is 30.1. The van der Waals surface area contributed by atoms with Crippen molar-refractivity contribution in [2.75, 3.05) is 17.4 Å². The van der Waals surface area contributed by atoms with E-state index in [1.54, 1.807) is 30.3 Å². The van der Waals surface area contributed by atoms with Gasteiger partial charge in [-0.05, 0) is 74.2 Å². The highest BCUT2D eigenvalue weighted by molar-refractivity contribution is 9.10. The number of anilines is 1. The van der Waals surface area contributed by atoms with Crippen LogP contribution in [-0.2, 0) is 32.6 Å². The number of hydrogen-bond donors (Lipinski definition) is 1. The zero-order valence-electron chi connectivity index (χ0n) is 26.9. The van der Waals surface area contributed by atoms with E-state index in [9.17, 15) is 18.0 Å². The van der Waals surface area contributed by atoms with Crippen molar-refractivity contribution in [3.63, 3.8) is 0 Å². The number of sulfonamides is 1. The van der Waals surface area contributed by atoms with Crippen LogP contribution < -0.4 is 9.62 Å². The molecule has 0 spiro atoms. The minimum absolute atomic E-state index is 0.0857. The van der Waals surface area contributed by atoms with Crippen LogP contribution in [0.15, 0.2) is 106 Å². The van der Waals surface area contributed by atoms with Crippen molar-refractivity contribution in [3.8, 4) is 0 Å². The predicted molar refractivity (Wildman–Crippen MR) is 188 cm³/mol. The molecule has 0 radical (unpaired) electrons. The smallest absolute Gasteiger partial charge is 0.264 e. The Labute approximate surface area is 281 Å². The second-order valence-electron chi connectivity index (χ2n) is 11.6. The van der Waals surface area contributed by atoms with Gasteiger partial charge in [0, 0.05) is 24.0 Å². The Morgan fingerprint density at radius 1 is 0.826 bits per heavy atom. The van der Waals surface area contributed by atoms with Crippen molar-refractivity contribution in [2.24, 2.45) is 0 Å². The van der Waals surface area contributed by atoms with E-state index in [1.807, 2.05) is 94.4 Å². The SMILES string of the molecule is CCCCNC(=O)[C@H](Cc1ccccc1)N(Cc1cccc(Br)c1)C(=O)CN(c1ccc(C)cc1C)S(=O)(=O)c1ccc(C)cc1. The lowest BCUT2D eigenvalue weighted by molar-refractivity contribution is -0.140. The monoisotopic (exact) mass is 703 g/mol. The predicted octanol–water partition coefficient (Wildman–Crippen LogP) is 7.13. The van der Waals surface area contributed by atoms with E-state index in [1.165, 1.54) is 9.21 Å². The van der Waals surface area contributed by atoms with Gasteiger partial charge >= 0.3 is 0 Å². The van der Waals surface area contributed by atoms with Gasteiger partial charge in [-0.1, -0.05) is 107 Å². The number of nitrogens with zero attached hydrogens (tertiary/aromatic N) is 2. The highest BCUT2D eigenvalue weighted by atomic mass is 79.9. The maximum Gasteiger partial charge on any atom is 0.264 e. The second-order valence-corrected chi connectivity index (χ2v) is 14.4. The fraction of sp³-hybridized carbons (Fsp3) is 0.297. The van der Waals surface area contributed by atoms with Crippen LogP contribution >= 0.6 is 15.9 Å². The molecule has 46 heavy (non-hydrogen) atoms. The summed E-state index contributed by atoms with van der Waals surface area (Å²) in [6, 6.07) is 28.3. The molecule has 0 unspecified atom stereocenters. The van der Waals surface area contributed by atoms with E-state index in [0.717, 1.165) is 45.1 Å². The van der Waals surface area contributed by atoms with Crippen molar-refractivity contribution in [3.05, 3.63) is 129 Å². The number of nitrogens with one attached hydrogen (secondary N) is 1. The highest BCUT2D eigenvalue weighted by Gasteiger charge is 2.35. The molecule has 1 atom stereocenters. The van der Waals surface area contributed by atoms with Crippen LogP contribution in [0.2, 0.25) is 0 Å². The number of halogens is 1. The summed E-state index contributed by atoms with van der Waals surface area (Å²) in [5.41, 5.74) is 4.73. The van der Waals surface area contributed by atoms with Gasteiger partial charge in [-0.25, -0.2) is 8.42 Å². The maximum atomic E-state index is 14.6. The molecule has 0 aliphatic rings. The molecule has 2 amide bonds. The molecule has 4 aromatic carbocycles. The van der Waals surface area contributed by atoms with Crippen LogP contribution in [0.5, 0.6) is 0 Å². The van der Waals surface area contributed by atoms with Gasteiger partial charge in [0.15, 0.2) is 0 Å². The molecule has 0 heterocycles. The fourth-order valence-corrected chi connectivity index (χ4v) is 7.25. The third-order valence-corrected chi connectivity index (χ3v) is 10.1. The molecule has 0 saturated carbocycles. The third-order valence-electron chi connectivity index (χ3n) is 7.85. The Morgan fingerprint density at radius 2 is 1.50 bits per heavy atom. The molecule has 0 bridgehead atoms. The van der Waals surface area contributed by atoms with Gasteiger partial charge in [-0.3, -0.25) is 13.9 Å². The van der Waals surface area contributed by atoms with Crippen molar-refractivity contribution in [1.29, 1.82) is 0 Å². The van der Waals surface area contributed by atoms with Crippen molar-refractivity contribution in [2.45, 2.75) is 64.4 Å². The largest absolute Gasteiger partial charge is 0.354 e. The first kappa shape index (κ1) is 34.9. The Morgan fingerprint density at radius 3 is 2.15 bits per heavy atom. The van der Waals surface area contributed by atoms with E-state index in [4.69, 9.17) is 0 Å². The fourth-order valence-electron chi connectivity index (χ4n) is 5.33. The van der Waals surface area contributed by atoms with Gasteiger partial charge in [0.25, 0.3) is 10.0 Å². The summed E-state index contributed by atoms with van der Waals surface area (Å²) in [7, 11) is -4.16. The number of amides is 2. The average molecular weight is 705 g/mol. The molecule has 4 rings (SSSR count). The van der Waals surface area contributed by atoms with Gasteiger partial charge in [0.05, 0.1) is 10.6 Å². The number of hydrogen-bond acceptors (Lipinski definition) is 4. The molecule has 9 heteroatoms. The quantitative estimate of drug-likeness (QED) is 0.142. The van der Waals surface area contributed by atoms with Gasteiger partial charge in [0.2, 0.25) is 11.8 Å². The van der Waals surface area contributed by atoms with Crippen molar-refractivity contribution < 1.29 is 18.0 Å². The summed E-state index contributed by atoms with van der Waals surface area (Å²) < 4.78 is 30.6. The first-order valence-electron chi connectivity index (χ1n) is 15.5.